The number of carbonyl (C=O) groups excluding carboxylic acids is 2. The third-order valence-corrected chi connectivity index (χ3v) is 6.15. The van der Waals surface area contributed by atoms with Crippen LogP contribution in [-0.2, 0) is 9.59 Å². The molecule has 4 heteroatoms. The van der Waals surface area contributed by atoms with Crippen LogP contribution in [0.5, 0.6) is 0 Å². The lowest BCUT2D eigenvalue weighted by molar-refractivity contribution is -0.139. The largest absolute Gasteiger partial charge is 0.507 e. The first kappa shape index (κ1) is 20.0. The van der Waals surface area contributed by atoms with Gasteiger partial charge in [0.25, 0.3) is 11.7 Å². The van der Waals surface area contributed by atoms with Crippen molar-refractivity contribution < 1.29 is 14.7 Å². The molecule has 1 N–H and O–H groups in total. The second-order valence-corrected chi connectivity index (χ2v) is 8.12. The highest BCUT2D eigenvalue weighted by atomic mass is 16.3. The van der Waals surface area contributed by atoms with Gasteiger partial charge < -0.3 is 10.0 Å². The quantitative estimate of drug-likeness (QED) is 0.256. The Hall–Kier alpha value is -3.92. The lowest BCUT2D eigenvalue weighted by atomic mass is 9.91. The molecule has 1 heterocycles. The van der Waals surface area contributed by atoms with Crippen LogP contribution in [0.2, 0.25) is 0 Å². The number of likely N-dealkylation sites (tertiary alicyclic amines) is 1. The molecule has 0 spiro atoms. The van der Waals surface area contributed by atoms with Gasteiger partial charge in [-0.05, 0) is 39.6 Å². The monoisotopic (exact) mass is 421 g/mol. The van der Waals surface area contributed by atoms with Crippen LogP contribution >= 0.6 is 0 Å². The third-order valence-electron chi connectivity index (χ3n) is 6.15. The van der Waals surface area contributed by atoms with E-state index in [0.29, 0.717) is 18.5 Å². The Morgan fingerprint density at radius 3 is 2.31 bits per heavy atom. The maximum absolute atomic E-state index is 13.2. The molecule has 4 aromatic rings. The maximum atomic E-state index is 13.2. The molecule has 1 atom stereocenters. The van der Waals surface area contributed by atoms with Gasteiger partial charge in [-0.3, -0.25) is 9.59 Å². The molecule has 32 heavy (non-hydrogen) atoms. The smallest absolute Gasteiger partial charge is 0.295 e. The van der Waals surface area contributed by atoms with Gasteiger partial charge in [0.1, 0.15) is 5.76 Å². The van der Waals surface area contributed by atoms with E-state index in [0.717, 1.165) is 27.1 Å². The summed E-state index contributed by atoms with van der Waals surface area (Å²) in [7, 11) is 0. The summed E-state index contributed by atoms with van der Waals surface area (Å²) in [5.41, 5.74) is 1.52. The molecule has 1 aliphatic heterocycles. The van der Waals surface area contributed by atoms with Crippen LogP contribution in [0.4, 0.5) is 0 Å². The number of hydrogen-bond donors (Lipinski definition) is 1. The first-order chi connectivity index (χ1) is 15.6. The Bertz CT molecular complexity index is 1400. The van der Waals surface area contributed by atoms with Crippen LogP contribution in [0.3, 0.4) is 0 Å². The van der Waals surface area contributed by atoms with Gasteiger partial charge in [0.2, 0.25) is 0 Å². The summed E-state index contributed by atoms with van der Waals surface area (Å²) in [4.78, 5) is 27.8. The lowest BCUT2D eigenvalue weighted by Crippen LogP contribution is -2.30. The summed E-state index contributed by atoms with van der Waals surface area (Å²) in [5.74, 6) is -1.33. The number of amides is 1. The van der Waals surface area contributed by atoms with Crippen molar-refractivity contribution in [3.63, 3.8) is 0 Å². The second kappa shape index (κ2) is 7.97. The predicted octanol–water partition coefficient (Wildman–Crippen LogP) is 5.82. The van der Waals surface area contributed by atoms with Crippen molar-refractivity contribution in [3.05, 3.63) is 102 Å². The standard InChI is InChI=1S/C28H23NO3/c1-2-16-29-25(23-13-7-11-19-9-5-6-12-22(19)23)24(27(31)28(29)32)26(30)21-15-14-18-8-3-4-10-20(18)17-21/h3-15,17,25,30H,2,16H2,1H3/b26-24-. The van der Waals surface area contributed by atoms with Crippen LogP contribution in [0, 0.1) is 0 Å². The molecule has 1 saturated heterocycles. The van der Waals surface area contributed by atoms with Gasteiger partial charge in [0.15, 0.2) is 0 Å². The molecule has 4 nitrogen and oxygen atoms in total. The van der Waals surface area contributed by atoms with E-state index >= 15 is 0 Å². The highest BCUT2D eigenvalue weighted by Crippen LogP contribution is 2.42. The van der Waals surface area contributed by atoms with Gasteiger partial charge in [0.05, 0.1) is 11.6 Å². The fourth-order valence-electron chi connectivity index (χ4n) is 4.66. The SMILES string of the molecule is CCCN1C(=O)C(=O)/C(=C(\O)c2ccc3ccccc3c2)C1c1cccc2ccccc12. The minimum absolute atomic E-state index is 0.134. The minimum Gasteiger partial charge on any atom is -0.507 e. The summed E-state index contributed by atoms with van der Waals surface area (Å²) >= 11 is 0. The van der Waals surface area contributed by atoms with Gasteiger partial charge in [-0.2, -0.15) is 0 Å². The number of ketones is 1. The van der Waals surface area contributed by atoms with Crippen molar-refractivity contribution in [2.45, 2.75) is 19.4 Å². The number of fused-ring (bicyclic) bond motifs is 2. The molecule has 0 bridgehead atoms. The first-order valence-corrected chi connectivity index (χ1v) is 10.9. The number of aliphatic hydroxyl groups excluding tert-OH is 1. The zero-order valence-corrected chi connectivity index (χ0v) is 17.8. The summed E-state index contributed by atoms with van der Waals surface area (Å²) in [5, 5.41) is 15.3. The van der Waals surface area contributed by atoms with Gasteiger partial charge in [-0.25, -0.2) is 0 Å². The summed E-state index contributed by atoms with van der Waals surface area (Å²) in [6.07, 6.45) is 0.713. The number of Topliss-reactive ketones (excluding diaryl/α,β-unsaturated/α-hetero) is 1. The second-order valence-electron chi connectivity index (χ2n) is 8.12. The van der Waals surface area contributed by atoms with Crippen LogP contribution < -0.4 is 0 Å². The number of benzene rings is 4. The number of nitrogens with zero attached hydrogens (tertiary/aromatic N) is 1. The zero-order chi connectivity index (χ0) is 22.2. The molecule has 0 aliphatic carbocycles. The van der Waals surface area contributed by atoms with Crippen LogP contribution in [0.25, 0.3) is 27.3 Å². The topological polar surface area (TPSA) is 57.6 Å². The zero-order valence-electron chi connectivity index (χ0n) is 17.8. The highest BCUT2D eigenvalue weighted by Gasteiger charge is 2.46. The van der Waals surface area contributed by atoms with Crippen molar-refractivity contribution in [2.75, 3.05) is 6.54 Å². The lowest BCUT2D eigenvalue weighted by Gasteiger charge is -2.26. The molecule has 1 aliphatic rings. The molecule has 4 aromatic carbocycles. The van der Waals surface area contributed by atoms with E-state index in [1.165, 1.54) is 0 Å². The highest BCUT2D eigenvalue weighted by molar-refractivity contribution is 6.46. The fourth-order valence-corrected chi connectivity index (χ4v) is 4.66. The number of rotatable bonds is 4. The Balaban J connectivity index is 1.75. The van der Waals surface area contributed by atoms with Gasteiger partial charge >= 0.3 is 0 Å². The van der Waals surface area contributed by atoms with Crippen molar-refractivity contribution in [2.24, 2.45) is 0 Å². The molecule has 1 unspecified atom stereocenters. The summed E-state index contributed by atoms with van der Waals surface area (Å²) in [6, 6.07) is 26.6. The van der Waals surface area contributed by atoms with E-state index in [9.17, 15) is 14.7 Å². The molecular weight excluding hydrogens is 398 g/mol. The normalized spacial score (nSPS) is 18.0. The Labute approximate surface area is 186 Å². The van der Waals surface area contributed by atoms with E-state index in [4.69, 9.17) is 0 Å². The number of carbonyl (C=O) groups is 2. The minimum atomic E-state index is -0.637. The van der Waals surface area contributed by atoms with E-state index in [1.54, 1.807) is 11.0 Å². The van der Waals surface area contributed by atoms with Crippen molar-refractivity contribution in [3.8, 4) is 0 Å². The van der Waals surface area contributed by atoms with Gasteiger partial charge in [0, 0.05) is 12.1 Å². The van der Waals surface area contributed by atoms with E-state index in [2.05, 4.69) is 0 Å². The molecule has 1 fully saturated rings. The van der Waals surface area contributed by atoms with E-state index < -0.39 is 17.7 Å². The van der Waals surface area contributed by atoms with Crippen LogP contribution in [-0.4, -0.2) is 28.2 Å². The average molecular weight is 421 g/mol. The first-order valence-electron chi connectivity index (χ1n) is 10.9. The molecule has 158 valence electrons. The molecular formula is C28H23NO3. The Morgan fingerprint density at radius 2 is 1.53 bits per heavy atom. The van der Waals surface area contributed by atoms with Crippen molar-refractivity contribution in [1.82, 2.24) is 4.90 Å². The molecule has 5 rings (SSSR count). The predicted molar refractivity (Wildman–Crippen MR) is 127 cm³/mol. The molecule has 1 amide bonds. The number of aliphatic hydroxyl groups is 1. The van der Waals surface area contributed by atoms with Crippen LogP contribution in [0.1, 0.15) is 30.5 Å². The van der Waals surface area contributed by atoms with E-state index in [1.807, 2.05) is 85.8 Å². The maximum Gasteiger partial charge on any atom is 0.295 e. The van der Waals surface area contributed by atoms with Gasteiger partial charge in [-0.1, -0.05) is 85.8 Å². The molecule has 0 saturated carbocycles. The van der Waals surface area contributed by atoms with E-state index in [-0.39, 0.29) is 11.3 Å². The Kier molecular flexibility index (Phi) is 4.98. The van der Waals surface area contributed by atoms with Crippen LogP contribution in [0.15, 0.2) is 90.5 Å². The van der Waals surface area contributed by atoms with Crippen molar-refractivity contribution in [1.29, 1.82) is 0 Å². The summed E-state index contributed by atoms with van der Waals surface area (Å²) < 4.78 is 0. The third kappa shape index (κ3) is 3.16. The van der Waals surface area contributed by atoms with Gasteiger partial charge in [-0.15, -0.1) is 0 Å². The molecule has 0 radical (unpaired) electrons. The summed E-state index contributed by atoms with van der Waals surface area (Å²) in [6.45, 7) is 2.41. The average Bonchev–Trinajstić information content (AvgIpc) is 3.08. The fraction of sp³-hybridized carbons (Fsp3) is 0.143. The van der Waals surface area contributed by atoms with Crippen molar-refractivity contribution >= 4 is 39.0 Å². The number of hydrogen-bond acceptors (Lipinski definition) is 3. The molecule has 0 aromatic heterocycles. The Morgan fingerprint density at radius 1 is 0.844 bits per heavy atom.